The molecule has 2 aromatic rings. The van der Waals surface area contributed by atoms with Crippen molar-refractivity contribution in [2.24, 2.45) is 0 Å². The van der Waals surface area contributed by atoms with Crippen LogP contribution in [0.3, 0.4) is 0 Å². The summed E-state index contributed by atoms with van der Waals surface area (Å²) in [5, 5.41) is 8.99. The summed E-state index contributed by atoms with van der Waals surface area (Å²) in [6.07, 6.45) is -0.760. The fourth-order valence-electron chi connectivity index (χ4n) is 3.42. The van der Waals surface area contributed by atoms with Gasteiger partial charge in [0.1, 0.15) is 6.17 Å². The Balaban J connectivity index is 1.89. The number of para-hydroxylation sites is 1. The lowest BCUT2D eigenvalue weighted by molar-refractivity contribution is -0.137. The largest absolute Gasteiger partial charge is 0.481 e. The van der Waals surface area contributed by atoms with E-state index in [9.17, 15) is 14.4 Å². The molecule has 120 valence electrons. The van der Waals surface area contributed by atoms with E-state index < -0.39 is 12.1 Å². The van der Waals surface area contributed by atoms with Crippen LogP contribution in [0.15, 0.2) is 48.5 Å². The van der Waals surface area contributed by atoms with E-state index in [1.54, 1.807) is 41.3 Å². The van der Waals surface area contributed by atoms with Gasteiger partial charge in [0.25, 0.3) is 11.8 Å². The third kappa shape index (κ3) is 1.93. The van der Waals surface area contributed by atoms with Crippen molar-refractivity contribution in [3.63, 3.8) is 0 Å². The zero-order valence-corrected chi connectivity index (χ0v) is 12.7. The molecule has 0 bridgehead atoms. The van der Waals surface area contributed by atoms with Gasteiger partial charge in [0, 0.05) is 17.7 Å². The minimum absolute atomic E-state index is 0.0469. The Labute approximate surface area is 137 Å². The van der Waals surface area contributed by atoms with E-state index in [1.807, 2.05) is 12.1 Å². The lowest BCUT2D eigenvalue weighted by Gasteiger charge is -2.40. The van der Waals surface area contributed by atoms with Gasteiger partial charge >= 0.3 is 5.97 Å². The van der Waals surface area contributed by atoms with Crippen LogP contribution in [0.2, 0.25) is 0 Å². The minimum atomic E-state index is -0.981. The van der Waals surface area contributed by atoms with E-state index in [1.165, 1.54) is 4.90 Å². The van der Waals surface area contributed by atoms with Crippen LogP contribution in [0, 0.1) is 0 Å². The van der Waals surface area contributed by atoms with E-state index >= 15 is 0 Å². The second kappa shape index (κ2) is 5.19. The first-order valence-electron chi connectivity index (χ1n) is 7.64. The number of nitrogens with zero attached hydrogens (tertiary/aromatic N) is 2. The van der Waals surface area contributed by atoms with Crippen molar-refractivity contribution >= 4 is 23.5 Å². The third-order valence-corrected chi connectivity index (χ3v) is 4.45. The van der Waals surface area contributed by atoms with E-state index in [-0.39, 0.29) is 24.8 Å². The molecule has 1 atom stereocenters. The summed E-state index contributed by atoms with van der Waals surface area (Å²) in [4.78, 5) is 39.8. The highest BCUT2D eigenvalue weighted by molar-refractivity contribution is 6.16. The maximum absolute atomic E-state index is 12.9. The molecule has 0 unspecified atom stereocenters. The molecule has 2 aromatic carbocycles. The molecule has 2 aliphatic rings. The van der Waals surface area contributed by atoms with Crippen molar-refractivity contribution in [3.05, 3.63) is 65.2 Å². The average molecular weight is 322 g/mol. The smallest absolute Gasteiger partial charge is 0.305 e. The quantitative estimate of drug-likeness (QED) is 0.940. The van der Waals surface area contributed by atoms with Crippen molar-refractivity contribution in [1.82, 2.24) is 4.90 Å². The lowest BCUT2D eigenvalue weighted by atomic mass is 10.0. The maximum atomic E-state index is 12.9. The summed E-state index contributed by atoms with van der Waals surface area (Å²) in [7, 11) is 0. The molecule has 2 amide bonds. The number of carboxylic acid groups (broad SMARTS) is 1. The Kier molecular flexibility index (Phi) is 3.13. The number of rotatable bonds is 3. The zero-order chi connectivity index (χ0) is 16.8. The van der Waals surface area contributed by atoms with Crippen LogP contribution in [0.4, 0.5) is 5.69 Å². The van der Waals surface area contributed by atoms with Crippen molar-refractivity contribution < 1.29 is 19.5 Å². The summed E-state index contributed by atoms with van der Waals surface area (Å²) in [5.41, 5.74) is 2.27. The fraction of sp³-hybridized carbons (Fsp3) is 0.167. The number of carboxylic acids is 1. The van der Waals surface area contributed by atoms with Crippen molar-refractivity contribution in [1.29, 1.82) is 0 Å². The lowest BCUT2D eigenvalue weighted by Crippen LogP contribution is -2.48. The molecule has 6 nitrogen and oxygen atoms in total. The van der Waals surface area contributed by atoms with Crippen LogP contribution in [-0.2, 0) is 4.79 Å². The van der Waals surface area contributed by atoms with Crippen LogP contribution in [-0.4, -0.2) is 34.3 Å². The highest BCUT2D eigenvalue weighted by Crippen LogP contribution is 2.44. The van der Waals surface area contributed by atoms with Gasteiger partial charge in [-0.05, 0) is 18.2 Å². The topological polar surface area (TPSA) is 77.9 Å². The first kappa shape index (κ1) is 14.4. The normalized spacial score (nSPS) is 18.2. The average Bonchev–Trinajstić information content (AvgIpc) is 2.88. The monoisotopic (exact) mass is 322 g/mol. The Morgan fingerprint density at radius 2 is 1.62 bits per heavy atom. The summed E-state index contributed by atoms with van der Waals surface area (Å²) in [5.74, 6) is -1.40. The highest BCUT2D eigenvalue weighted by Gasteiger charge is 2.47. The Bertz CT molecular complexity index is 877. The van der Waals surface area contributed by atoms with Gasteiger partial charge in [0.05, 0.1) is 17.7 Å². The van der Waals surface area contributed by atoms with Crippen molar-refractivity contribution in [2.75, 3.05) is 11.4 Å². The summed E-state index contributed by atoms with van der Waals surface area (Å²) in [6, 6.07) is 14.1. The Morgan fingerprint density at radius 3 is 2.38 bits per heavy atom. The van der Waals surface area contributed by atoms with Gasteiger partial charge in [-0.15, -0.1) is 0 Å². The molecular weight excluding hydrogens is 308 g/mol. The molecule has 0 aliphatic carbocycles. The highest BCUT2D eigenvalue weighted by atomic mass is 16.4. The number of hydrogen-bond acceptors (Lipinski definition) is 3. The number of anilines is 1. The number of fused-ring (bicyclic) bond motifs is 5. The number of carbonyl (C=O) groups is 3. The molecular formula is C18H14N2O4. The van der Waals surface area contributed by atoms with Gasteiger partial charge in [0.2, 0.25) is 0 Å². The minimum Gasteiger partial charge on any atom is -0.481 e. The zero-order valence-electron chi connectivity index (χ0n) is 12.7. The predicted molar refractivity (Wildman–Crippen MR) is 85.7 cm³/mol. The van der Waals surface area contributed by atoms with Gasteiger partial charge < -0.3 is 10.0 Å². The van der Waals surface area contributed by atoms with Crippen LogP contribution in [0.25, 0.3) is 0 Å². The first-order valence-corrected chi connectivity index (χ1v) is 7.64. The maximum Gasteiger partial charge on any atom is 0.305 e. The second-order valence-electron chi connectivity index (χ2n) is 5.80. The molecule has 2 aliphatic heterocycles. The van der Waals surface area contributed by atoms with E-state index in [0.717, 1.165) is 5.56 Å². The number of aliphatic carboxylic acids is 1. The van der Waals surface area contributed by atoms with Gasteiger partial charge in [0.15, 0.2) is 0 Å². The molecule has 0 aromatic heterocycles. The van der Waals surface area contributed by atoms with Crippen molar-refractivity contribution in [2.45, 2.75) is 12.6 Å². The number of amides is 2. The van der Waals surface area contributed by atoms with Crippen LogP contribution in [0.1, 0.15) is 38.9 Å². The molecule has 2 heterocycles. The molecule has 0 radical (unpaired) electrons. The van der Waals surface area contributed by atoms with Crippen LogP contribution in [0.5, 0.6) is 0 Å². The van der Waals surface area contributed by atoms with Gasteiger partial charge in [-0.25, -0.2) is 0 Å². The summed E-state index contributed by atoms with van der Waals surface area (Å²) in [6.45, 7) is 0.0469. The summed E-state index contributed by atoms with van der Waals surface area (Å²) < 4.78 is 0. The van der Waals surface area contributed by atoms with Gasteiger partial charge in [-0.2, -0.15) is 0 Å². The predicted octanol–water partition coefficient (Wildman–Crippen LogP) is 2.28. The first-order chi connectivity index (χ1) is 11.6. The van der Waals surface area contributed by atoms with Crippen LogP contribution < -0.4 is 4.90 Å². The number of carbonyl (C=O) groups excluding carboxylic acids is 2. The number of benzene rings is 2. The molecule has 0 fully saturated rings. The Morgan fingerprint density at radius 1 is 0.958 bits per heavy atom. The standard InChI is InChI=1S/C18H14N2O4/c21-15(22)9-10-19-16-11-5-1-2-6-12(11)18(24)20(16)14-8-4-3-7-13(14)17(19)23/h1-8,16H,9-10H2,(H,21,22)/t16-/m0/s1. The molecule has 4 rings (SSSR count). The van der Waals surface area contributed by atoms with Crippen LogP contribution >= 0.6 is 0 Å². The van der Waals surface area contributed by atoms with Gasteiger partial charge in [-0.1, -0.05) is 30.3 Å². The number of hydrogen-bond donors (Lipinski definition) is 1. The molecule has 6 heteroatoms. The fourth-order valence-corrected chi connectivity index (χ4v) is 3.42. The molecule has 24 heavy (non-hydrogen) atoms. The van der Waals surface area contributed by atoms with E-state index in [2.05, 4.69) is 0 Å². The second-order valence-corrected chi connectivity index (χ2v) is 5.80. The molecule has 1 N–H and O–H groups in total. The van der Waals surface area contributed by atoms with E-state index in [4.69, 9.17) is 5.11 Å². The molecule has 0 saturated carbocycles. The Hall–Kier alpha value is -3.15. The van der Waals surface area contributed by atoms with E-state index in [0.29, 0.717) is 16.8 Å². The SMILES string of the molecule is O=C(O)CCN1C(=O)c2ccccc2N2C(=O)c3ccccc3[C@@H]12. The van der Waals surface area contributed by atoms with Gasteiger partial charge in [-0.3, -0.25) is 19.3 Å². The summed E-state index contributed by atoms with van der Waals surface area (Å²) >= 11 is 0. The third-order valence-electron chi connectivity index (χ3n) is 4.45. The molecule has 0 spiro atoms. The van der Waals surface area contributed by atoms with Crippen molar-refractivity contribution in [3.8, 4) is 0 Å². The molecule has 0 saturated heterocycles.